The number of nitrogens with zero attached hydrogens (tertiary/aromatic N) is 1. The Balaban J connectivity index is 2.40. The van der Waals surface area contributed by atoms with Crippen LogP contribution in [0.4, 0.5) is 26.3 Å². The second-order valence-electron chi connectivity index (χ2n) is 5.41. The number of alkyl halides is 6. The maximum absolute atomic E-state index is 13.0. The molecule has 4 nitrogen and oxygen atoms in total. The number of fused-ring (bicyclic) bond motifs is 1. The molecule has 0 amide bonds. The Bertz CT molecular complexity index is 1130. The lowest BCUT2D eigenvalue weighted by atomic mass is 10.1. The molecule has 0 fully saturated rings. The third-order valence-corrected chi connectivity index (χ3v) is 3.82. The number of hydrogen-bond donors (Lipinski definition) is 0. The Morgan fingerprint density at radius 1 is 0.852 bits per heavy atom. The van der Waals surface area contributed by atoms with Crippen LogP contribution >= 0.6 is 11.6 Å². The molecule has 0 aliphatic carbocycles. The van der Waals surface area contributed by atoms with Crippen LogP contribution in [0, 0.1) is 0 Å². The summed E-state index contributed by atoms with van der Waals surface area (Å²) in [5, 5.41) is -0.229. The predicted octanol–water partition coefficient (Wildman–Crippen LogP) is 4.63. The molecule has 1 heterocycles. The van der Waals surface area contributed by atoms with Crippen molar-refractivity contribution in [3.8, 4) is 5.69 Å². The topological polar surface area (TPSA) is 52.2 Å². The molecular weight excluding hydrogens is 404 g/mol. The van der Waals surface area contributed by atoms with Crippen molar-refractivity contribution in [3.05, 3.63) is 73.5 Å². The van der Waals surface area contributed by atoms with Crippen molar-refractivity contribution in [1.29, 1.82) is 0 Å². The van der Waals surface area contributed by atoms with Gasteiger partial charge in [-0.1, -0.05) is 11.6 Å². The van der Waals surface area contributed by atoms with Gasteiger partial charge in [-0.3, -0.25) is 4.79 Å². The van der Waals surface area contributed by atoms with Gasteiger partial charge in [0.15, 0.2) is 0 Å². The summed E-state index contributed by atoms with van der Waals surface area (Å²) >= 11 is 5.73. The Kier molecular flexibility index (Phi) is 4.34. The molecular formula is C16H6ClF6NO3. The lowest BCUT2D eigenvalue weighted by molar-refractivity contribution is -0.143. The molecule has 0 N–H and O–H groups in total. The monoisotopic (exact) mass is 409 g/mol. The number of rotatable bonds is 1. The van der Waals surface area contributed by atoms with Crippen LogP contribution < -0.4 is 11.3 Å². The lowest BCUT2D eigenvalue weighted by Crippen LogP contribution is -2.31. The standard InChI is InChI=1S/C16H6ClF6NO3/c17-9-1-2-12-11(6-9)13(25)24(14(26)27-12)10-4-7(15(18,19)20)3-8(5-10)16(21,22)23/h1-6H. The minimum atomic E-state index is -5.14. The summed E-state index contributed by atoms with van der Waals surface area (Å²) in [5.74, 6) is -1.44. The summed E-state index contributed by atoms with van der Waals surface area (Å²) in [6.45, 7) is 0. The van der Waals surface area contributed by atoms with E-state index in [1.807, 2.05) is 0 Å². The first-order valence-electron chi connectivity index (χ1n) is 7.03. The van der Waals surface area contributed by atoms with Crippen LogP contribution in [0.25, 0.3) is 16.7 Å². The molecule has 27 heavy (non-hydrogen) atoms. The highest BCUT2D eigenvalue weighted by Gasteiger charge is 2.37. The average Bonchev–Trinajstić information content (AvgIpc) is 2.54. The summed E-state index contributed by atoms with van der Waals surface area (Å²) in [5.41, 5.74) is -5.67. The molecule has 0 atom stereocenters. The Hall–Kier alpha value is -2.75. The van der Waals surface area contributed by atoms with E-state index >= 15 is 0 Å². The first-order valence-corrected chi connectivity index (χ1v) is 7.41. The fourth-order valence-corrected chi connectivity index (χ4v) is 2.56. The molecule has 2 aromatic carbocycles. The number of benzene rings is 2. The van der Waals surface area contributed by atoms with E-state index in [9.17, 15) is 35.9 Å². The van der Waals surface area contributed by atoms with Crippen molar-refractivity contribution in [2.24, 2.45) is 0 Å². The van der Waals surface area contributed by atoms with Gasteiger partial charge < -0.3 is 4.42 Å². The zero-order valence-electron chi connectivity index (χ0n) is 12.8. The van der Waals surface area contributed by atoms with E-state index in [0.29, 0.717) is 0 Å². The fraction of sp³-hybridized carbons (Fsp3) is 0.125. The second-order valence-corrected chi connectivity index (χ2v) is 5.85. The van der Waals surface area contributed by atoms with Gasteiger partial charge >= 0.3 is 18.1 Å². The molecule has 0 spiro atoms. The molecule has 0 saturated heterocycles. The molecule has 142 valence electrons. The third-order valence-electron chi connectivity index (χ3n) is 3.59. The maximum Gasteiger partial charge on any atom is 0.426 e. The number of hydrogen-bond acceptors (Lipinski definition) is 3. The molecule has 0 aliphatic heterocycles. The summed E-state index contributed by atoms with van der Waals surface area (Å²) < 4.78 is 82.8. The van der Waals surface area contributed by atoms with Crippen LogP contribution in [0.5, 0.6) is 0 Å². The van der Waals surface area contributed by atoms with Gasteiger partial charge in [-0.15, -0.1) is 0 Å². The minimum absolute atomic E-state index is 0.0556. The van der Waals surface area contributed by atoms with E-state index in [0.717, 1.165) is 6.07 Å². The van der Waals surface area contributed by atoms with Crippen LogP contribution in [0.1, 0.15) is 11.1 Å². The van der Waals surface area contributed by atoms with Gasteiger partial charge in [0.05, 0.1) is 22.2 Å². The fourth-order valence-electron chi connectivity index (χ4n) is 2.39. The third kappa shape index (κ3) is 3.57. The lowest BCUT2D eigenvalue weighted by Gasteiger charge is -2.14. The van der Waals surface area contributed by atoms with Crippen molar-refractivity contribution in [3.63, 3.8) is 0 Å². The van der Waals surface area contributed by atoms with E-state index in [-0.39, 0.29) is 38.8 Å². The zero-order valence-corrected chi connectivity index (χ0v) is 13.5. The van der Waals surface area contributed by atoms with Gasteiger partial charge in [0.25, 0.3) is 5.56 Å². The van der Waals surface area contributed by atoms with E-state index in [4.69, 9.17) is 16.0 Å². The van der Waals surface area contributed by atoms with E-state index in [1.165, 1.54) is 12.1 Å². The van der Waals surface area contributed by atoms with Gasteiger partial charge in [0.2, 0.25) is 0 Å². The summed E-state index contributed by atoms with van der Waals surface area (Å²) in [6.07, 6.45) is -10.3. The summed E-state index contributed by atoms with van der Waals surface area (Å²) in [4.78, 5) is 24.6. The van der Waals surface area contributed by atoms with E-state index in [1.54, 1.807) is 0 Å². The summed E-state index contributed by atoms with van der Waals surface area (Å²) in [7, 11) is 0. The highest BCUT2D eigenvalue weighted by atomic mass is 35.5. The zero-order chi connectivity index (χ0) is 20.1. The van der Waals surface area contributed by atoms with Crippen molar-refractivity contribution in [1.82, 2.24) is 4.57 Å². The molecule has 0 radical (unpaired) electrons. The van der Waals surface area contributed by atoms with Gasteiger partial charge in [0, 0.05) is 5.02 Å². The van der Waals surface area contributed by atoms with E-state index < -0.39 is 40.5 Å². The van der Waals surface area contributed by atoms with Gasteiger partial charge in [0.1, 0.15) is 5.58 Å². The van der Waals surface area contributed by atoms with Crippen LogP contribution in [-0.4, -0.2) is 4.57 Å². The van der Waals surface area contributed by atoms with E-state index in [2.05, 4.69) is 0 Å². The molecule has 0 saturated carbocycles. The molecule has 0 aliphatic rings. The molecule has 0 unspecified atom stereocenters. The Morgan fingerprint density at radius 2 is 1.41 bits per heavy atom. The average molecular weight is 410 g/mol. The van der Waals surface area contributed by atoms with Crippen LogP contribution in [0.15, 0.2) is 50.4 Å². The van der Waals surface area contributed by atoms with Crippen LogP contribution in [0.2, 0.25) is 5.02 Å². The SMILES string of the molecule is O=c1oc2ccc(Cl)cc2c(=O)n1-c1cc(C(F)(F)F)cc(C(F)(F)F)c1. The molecule has 3 aromatic rings. The first-order chi connectivity index (χ1) is 12.4. The van der Waals surface area contributed by atoms with Gasteiger partial charge in [-0.05, 0) is 36.4 Å². The highest BCUT2D eigenvalue weighted by Crippen LogP contribution is 2.36. The van der Waals surface area contributed by atoms with Crippen LogP contribution in [-0.2, 0) is 12.4 Å². The van der Waals surface area contributed by atoms with Crippen molar-refractivity contribution >= 4 is 22.6 Å². The number of aromatic nitrogens is 1. The smallest absolute Gasteiger partial charge is 0.409 e. The Labute approximate surface area is 150 Å². The highest BCUT2D eigenvalue weighted by molar-refractivity contribution is 6.31. The van der Waals surface area contributed by atoms with Gasteiger partial charge in [-0.2, -0.15) is 26.3 Å². The normalized spacial score (nSPS) is 12.6. The first kappa shape index (κ1) is 19.0. The van der Waals surface area contributed by atoms with Crippen molar-refractivity contribution in [2.45, 2.75) is 12.4 Å². The van der Waals surface area contributed by atoms with Crippen molar-refractivity contribution in [2.75, 3.05) is 0 Å². The minimum Gasteiger partial charge on any atom is -0.409 e. The largest absolute Gasteiger partial charge is 0.426 e. The molecule has 0 bridgehead atoms. The molecule has 1 aromatic heterocycles. The molecule has 3 rings (SSSR count). The quantitative estimate of drug-likeness (QED) is 0.550. The number of halogens is 7. The van der Waals surface area contributed by atoms with Crippen molar-refractivity contribution < 1.29 is 30.8 Å². The molecule has 11 heteroatoms. The summed E-state index contributed by atoms with van der Waals surface area (Å²) in [6, 6.07) is 3.94. The second kappa shape index (κ2) is 6.15. The van der Waals surface area contributed by atoms with Crippen LogP contribution in [0.3, 0.4) is 0 Å². The maximum atomic E-state index is 13.0. The van der Waals surface area contributed by atoms with Gasteiger partial charge in [-0.25, -0.2) is 9.36 Å². The Morgan fingerprint density at radius 3 is 1.93 bits per heavy atom. The predicted molar refractivity (Wildman–Crippen MR) is 83.1 cm³/mol.